The van der Waals surface area contributed by atoms with Crippen molar-refractivity contribution in [2.45, 2.75) is 6.92 Å². The van der Waals surface area contributed by atoms with Crippen LogP contribution in [0.15, 0.2) is 24.3 Å². The SMILES string of the molecule is Cc1cccc(Nc2nc(N)nc(N)c2C#N)c1. The number of nitriles is 1. The lowest BCUT2D eigenvalue weighted by Crippen LogP contribution is -2.07. The van der Waals surface area contributed by atoms with Crippen molar-refractivity contribution in [3.8, 4) is 6.07 Å². The third kappa shape index (κ3) is 2.30. The number of nitrogens with zero attached hydrogens (tertiary/aromatic N) is 3. The molecule has 90 valence electrons. The van der Waals surface area contributed by atoms with E-state index in [1.807, 2.05) is 37.3 Å². The molecule has 0 aliphatic heterocycles. The average Bonchev–Trinajstić information content (AvgIpc) is 2.28. The molecule has 0 aliphatic carbocycles. The van der Waals surface area contributed by atoms with Gasteiger partial charge < -0.3 is 16.8 Å². The first-order valence-corrected chi connectivity index (χ1v) is 5.27. The summed E-state index contributed by atoms with van der Waals surface area (Å²) in [6.07, 6.45) is 0. The van der Waals surface area contributed by atoms with Crippen molar-refractivity contribution < 1.29 is 0 Å². The molecule has 0 saturated carbocycles. The maximum absolute atomic E-state index is 9.03. The van der Waals surface area contributed by atoms with Gasteiger partial charge in [-0.2, -0.15) is 15.2 Å². The van der Waals surface area contributed by atoms with E-state index in [0.29, 0.717) is 5.82 Å². The first-order chi connectivity index (χ1) is 8.60. The molecule has 0 unspecified atom stereocenters. The van der Waals surface area contributed by atoms with E-state index in [-0.39, 0.29) is 17.3 Å². The van der Waals surface area contributed by atoms with Crippen LogP contribution in [0.2, 0.25) is 0 Å². The lowest BCUT2D eigenvalue weighted by atomic mass is 10.2. The summed E-state index contributed by atoms with van der Waals surface area (Å²) in [6.45, 7) is 1.97. The highest BCUT2D eigenvalue weighted by Gasteiger charge is 2.11. The second-order valence-corrected chi connectivity index (χ2v) is 3.80. The zero-order valence-electron chi connectivity index (χ0n) is 9.81. The molecule has 0 fully saturated rings. The smallest absolute Gasteiger partial charge is 0.224 e. The highest BCUT2D eigenvalue weighted by atomic mass is 15.1. The molecule has 0 spiro atoms. The van der Waals surface area contributed by atoms with Crippen molar-refractivity contribution in [2.75, 3.05) is 16.8 Å². The largest absolute Gasteiger partial charge is 0.382 e. The average molecular weight is 240 g/mol. The molecule has 1 heterocycles. The van der Waals surface area contributed by atoms with Crippen LogP contribution < -0.4 is 16.8 Å². The normalized spacial score (nSPS) is 9.78. The summed E-state index contributed by atoms with van der Waals surface area (Å²) in [6, 6.07) is 9.62. The maximum Gasteiger partial charge on any atom is 0.224 e. The third-order valence-corrected chi connectivity index (χ3v) is 2.35. The van der Waals surface area contributed by atoms with Crippen molar-refractivity contribution in [2.24, 2.45) is 0 Å². The van der Waals surface area contributed by atoms with Crippen LogP contribution in [0.1, 0.15) is 11.1 Å². The summed E-state index contributed by atoms with van der Waals surface area (Å²) in [5, 5.41) is 12.0. The minimum atomic E-state index is 0.0293. The molecule has 0 bridgehead atoms. The van der Waals surface area contributed by atoms with Crippen LogP contribution >= 0.6 is 0 Å². The minimum absolute atomic E-state index is 0.0293. The predicted octanol–water partition coefficient (Wildman–Crippen LogP) is 1.56. The Morgan fingerprint density at radius 3 is 2.72 bits per heavy atom. The van der Waals surface area contributed by atoms with Crippen molar-refractivity contribution in [3.63, 3.8) is 0 Å². The molecule has 6 heteroatoms. The van der Waals surface area contributed by atoms with Gasteiger partial charge in [0, 0.05) is 5.69 Å². The Kier molecular flexibility index (Phi) is 2.98. The van der Waals surface area contributed by atoms with E-state index in [2.05, 4.69) is 15.3 Å². The minimum Gasteiger partial charge on any atom is -0.382 e. The molecule has 0 aliphatic rings. The van der Waals surface area contributed by atoms with Crippen molar-refractivity contribution in [1.82, 2.24) is 9.97 Å². The number of anilines is 4. The zero-order chi connectivity index (χ0) is 13.1. The van der Waals surface area contributed by atoms with E-state index in [4.69, 9.17) is 16.7 Å². The third-order valence-electron chi connectivity index (χ3n) is 2.35. The predicted molar refractivity (Wildman–Crippen MR) is 70.0 cm³/mol. The number of aromatic nitrogens is 2. The van der Waals surface area contributed by atoms with E-state index in [9.17, 15) is 0 Å². The van der Waals surface area contributed by atoms with Crippen molar-refractivity contribution >= 4 is 23.3 Å². The molecule has 18 heavy (non-hydrogen) atoms. The molecule has 2 rings (SSSR count). The Balaban J connectivity index is 2.43. The summed E-state index contributed by atoms with van der Waals surface area (Å²) in [4.78, 5) is 7.73. The van der Waals surface area contributed by atoms with E-state index in [1.165, 1.54) is 0 Å². The van der Waals surface area contributed by atoms with Gasteiger partial charge in [-0.25, -0.2) is 0 Å². The lowest BCUT2D eigenvalue weighted by molar-refractivity contribution is 1.18. The van der Waals surface area contributed by atoms with Gasteiger partial charge in [-0.1, -0.05) is 12.1 Å². The van der Waals surface area contributed by atoms with Crippen LogP contribution in [0.25, 0.3) is 0 Å². The summed E-state index contributed by atoms with van der Waals surface area (Å²) in [5.74, 6) is 0.412. The zero-order valence-corrected chi connectivity index (χ0v) is 9.81. The fourth-order valence-electron chi connectivity index (χ4n) is 1.56. The van der Waals surface area contributed by atoms with Crippen molar-refractivity contribution in [3.05, 3.63) is 35.4 Å². The quantitative estimate of drug-likeness (QED) is 0.734. The van der Waals surface area contributed by atoms with E-state index in [1.54, 1.807) is 0 Å². The van der Waals surface area contributed by atoms with Crippen LogP contribution in [0, 0.1) is 18.3 Å². The summed E-state index contributed by atoms with van der Waals surface area (Å²) >= 11 is 0. The van der Waals surface area contributed by atoms with Gasteiger partial charge in [0.25, 0.3) is 0 Å². The van der Waals surface area contributed by atoms with E-state index >= 15 is 0 Å². The molecule has 0 atom stereocenters. The maximum atomic E-state index is 9.03. The van der Waals surface area contributed by atoms with E-state index in [0.717, 1.165) is 11.3 Å². The van der Waals surface area contributed by atoms with Crippen LogP contribution in [0.5, 0.6) is 0 Å². The van der Waals surface area contributed by atoms with E-state index < -0.39 is 0 Å². The fourth-order valence-corrected chi connectivity index (χ4v) is 1.56. The number of nitrogens with two attached hydrogens (primary N) is 2. The Labute approximate surface area is 104 Å². The van der Waals surface area contributed by atoms with Gasteiger partial charge in [0.15, 0.2) is 5.82 Å². The highest BCUT2D eigenvalue weighted by molar-refractivity contribution is 5.70. The molecular weight excluding hydrogens is 228 g/mol. The number of aryl methyl sites for hydroxylation is 1. The number of nitrogens with one attached hydrogen (secondary N) is 1. The first kappa shape index (κ1) is 11.7. The van der Waals surface area contributed by atoms with Crippen LogP contribution in [0.3, 0.4) is 0 Å². The molecule has 0 saturated heterocycles. The Morgan fingerprint density at radius 1 is 1.28 bits per heavy atom. The topological polar surface area (TPSA) is 114 Å². The van der Waals surface area contributed by atoms with Gasteiger partial charge in [0.1, 0.15) is 17.5 Å². The molecular formula is C12H12N6. The van der Waals surface area contributed by atoms with Crippen LogP contribution in [0.4, 0.5) is 23.3 Å². The Morgan fingerprint density at radius 2 is 2.06 bits per heavy atom. The van der Waals surface area contributed by atoms with Gasteiger partial charge in [-0.3, -0.25) is 0 Å². The number of hydrogen-bond acceptors (Lipinski definition) is 6. The fraction of sp³-hybridized carbons (Fsp3) is 0.0833. The number of hydrogen-bond donors (Lipinski definition) is 3. The first-order valence-electron chi connectivity index (χ1n) is 5.27. The molecule has 5 N–H and O–H groups in total. The monoisotopic (exact) mass is 240 g/mol. The standard InChI is InChI=1S/C12H12N6/c1-7-3-2-4-8(5-7)16-11-9(6-13)10(14)17-12(15)18-11/h2-5H,1H3,(H5,14,15,16,17,18). The van der Waals surface area contributed by atoms with Crippen LogP contribution in [-0.4, -0.2) is 9.97 Å². The Hall–Kier alpha value is -2.81. The summed E-state index contributed by atoms with van der Waals surface area (Å²) in [5.41, 5.74) is 13.2. The van der Waals surface area contributed by atoms with Crippen molar-refractivity contribution in [1.29, 1.82) is 5.26 Å². The molecule has 0 amide bonds. The molecule has 1 aromatic heterocycles. The van der Waals surface area contributed by atoms with Gasteiger partial charge >= 0.3 is 0 Å². The summed E-state index contributed by atoms with van der Waals surface area (Å²) < 4.78 is 0. The molecule has 2 aromatic rings. The molecule has 6 nitrogen and oxygen atoms in total. The number of nitrogen functional groups attached to an aromatic ring is 2. The molecule has 1 aromatic carbocycles. The number of rotatable bonds is 2. The van der Waals surface area contributed by atoms with Gasteiger partial charge in [-0.05, 0) is 24.6 Å². The Bertz CT molecular complexity index is 629. The highest BCUT2D eigenvalue weighted by Crippen LogP contribution is 2.22. The second kappa shape index (κ2) is 4.59. The van der Waals surface area contributed by atoms with Gasteiger partial charge in [0.05, 0.1) is 0 Å². The second-order valence-electron chi connectivity index (χ2n) is 3.80. The lowest BCUT2D eigenvalue weighted by Gasteiger charge is -2.09. The number of benzene rings is 1. The molecule has 0 radical (unpaired) electrons. The summed E-state index contributed by atoms with van der Waals surface area (Å²) in [7, 11) is 0. The van der Waals surface area contributed by atoms with Gasteiger partial charge in [-0.15, -0.1) is 0 Å². The van der Waals surface area contributed by atoms with Crippen LogP contribution in [-0.2, 0) is 0 Å². The van der Waals surface area contributed by atoms with Gasteiger partial charge in [0.2, 0.25) is 5.95 Å².